The van der Waals surface area contributed by atoms with Crippen molar-refractivity contribution in [2.45, 2.75) is 13.0 Å². The maximum Gasteiger partial charge on any atom is 0.300 e. The molecule has 1 aromatic rings. The molecule has 2 aliphatic rings. The SMILES string of the molecule is CC=CCN1C=C(c2cccc(C(=O)NC)c2)C2=CC=[NH+]C2C1=O. The second kappa shape index (κ2) is 6.66. The average Bonchev–Trinajstić information content (AvgIpc) is 3.11. The topological polar surface area (TPSA) is 63.4 Å². The summed E-state index contributed by atoms with van der Waals surface area (Å²) in [5.41, 5.74) is 3.41. The van der Waals surface area contributed by atoms with E-state index in [1.54, 1.807) is 24.2 Å². The van der Waals surface area contributed by atoms with Gasteiger partial charge < -0.3 is 10.2 Å². The van der Waals surface area contributed by atoms with Crippen LogP contribution in [0.2, 0.25) is 0 Å². The van der Waals surface area contributed by atoms with E-state index in [0.29, 0.717) is 12.1 Å². The van der Waals surface area contributed by atoms with Gasteiger partial charge in [-0.3, -0.25) is 9.59 Å². The normalized spacial score (nSPS) is 19.3. The first-order valence-electron chi connectivity index (χ1n) is 7.91. The second-order valence-electron chi connectivity index (χ2n) is 5.65. The summed E-state index contributed by atoms with van der Waals surface area (Å²) >= 11 is 0. The predicted molar refractivity (Wildman–Crippen MR) is 93.2 cm³/mol. The van der Waals surface area contributed by atoms with Crippen LogP contribution < -0.4 is 10.3 Å². The van der Waals surface area contributed by atoms with Gasteiger partial charge in [0, 0.05) is 42.6 Å². The smallest absolute Gasteiger partial charge is 0.300 e. The molecule has 0 saturated carbocycles. The molecule has 5 nitrogen and oxygen atoms in total. The molecular formula is C19H20N3O2+. The zero-order chi connectivity index (χ0) is 17.1. The molecule has 0 radical (unpaired) electrons. The summed E-state index contributed by atoms with van der Waals surface area (Å²) < 4.78 is 0. The number of rotatable bonds is 4. The number of carbonyl (C=O) groups is 2. The monoisotopic (exact) mass is 322 g/mol. The first-order valence-corrected chi connectivity index (χ1v) is 7.91. The van der Waals surface area contributed by atoms with Crippen molar-refractivity contribution in [1.82, 2.24) is 10.2 Å². The van der Waals surface area contributed by atoms with Crippen molar-refractivity contribution in [3.8, 4) is 0 Å². The average molecular weight is 322 g/mol. The highest BCUT2D eigenvalue weighted by Gasteiger charge is 2.39. The van der Waals surface area contributed by atoms with Gasteiger partial charge in [-0.2, -0.15) is 0 Å². The van der Waals surface area contributed by atoms with E-state index in [1.165, 1.54) is 0 Å². The molecular weight excluding hydrogens is 302 g/mol. The second-order valence-corrected chi connectivity index (χ2v) is 5.65. The Balaban J connectivity index is 2.04. The molecule has 0 fully saturated rings. The molecule has 0 saturated heterocycles. The van der Waals surface area contributed by atoms with Crippen molar-refractivity contribution >= 4 is 23.6 Å². The minimum absolute atomic E-state index is 0.0271. The molecule has 122 valence electrons. The van der Waals surface area contributed by atoms with Crippen LogP contribution in [0.5, 0.6) is 0 Å². The van der Waals surface area contributed by atoms with Gasteiger partial charge in [-0.05, 0) is 24.6 Å². The fourth-order valence-corrected chi connectivity index (χ4v) is 2.90. The van der Waals surface area contributed by atoms with Gasteiger partial charge in [0.1, 0.15) is 0 Å². The largest absolute Gasteiger partial charge is 0.355 e. The van der Waals surface area contributed by atoms with Crippen LogP contribution in [0.1, 0.15) is 22.8 Å². The van der Waals surface area contributed by atoms with Gasteiger partial charge in [0.15, 0.2) is 6.21 Å². The predicted octanol–water partition coefficient (Wildman–Crippen LogP) is 0.265. The Kier molecular flexibility index (Phi) is 4.42. The Morgan fingerprint density at radius 3 is 3.00 bits per heavy atom. The Hall–Kier alpha value is -2.95. The van der Waals surface area contributed by atoms with Gasteiger partial charge in [0.05, 0.1) is 0 Å². The van der Waals surface area contributed by atoms with Crippen LogP contribution in [0.4, 0.5) is 0 Å². The summed E-state index contributed by atoms with van der Waals surface area (Å²) in [5.74, 6) is -0.101. The zero-order valence-corrected chi connectivity index (χ0v) is 13.7. The third-order valence-electron chi connectivity index (χ3n) is 4.16. The Labute approximate surface area is 141 Å². The summed E-state index contributed by atoms with van der Waals surface area (Å²) in [6.07, 6.45) is 9.46. The van der Waals surface area contributed by atoms with Crippen LogP contribution in [-0.4, -0.2) is 42.6 Å². The van der Waals surface area contributed by atoms with E-state index in [-0.39, 0.29) is 17.9 Å². The van der Waals surface area contributed by atoms with Crippen LogP contribution in [0, 0.1) is 0 Å². The van der Waals surface area contributed by atoms with Crippen molar-refractivity contribution < 1.29 is 14.6 Å². The van der Waals surface area contributed by atoms with E-state index in [0.717, 1.165) is 16.7 Å². The van der Waals surface area contributed by atoms with Crippen molar-refractivity contribution in [1.29, 1.82) is 0 Å². The number of fused-ring (bicyclic) bond motifs is 1. The highest BCUT2D eigenvalue weighted by molar-refractivity contribution is 6.02. The number of hydrogen-bond acceptors (Lipinski definition) is 2. The van der Waals surface area contributed by atoms with Gasteiger partial charge in [0.2, 0.25) is 0 Å². The molecule has 0 aliphatic carbocycles. The minimum Gasteiger partial charge on any atom is -0.355 e. The summed E-state index contributed by atoms with van der Waals surface area (Å²) in [6, 6.07) is 7.08. The highest BCUT2D eigenvalue weighted by atomic mass is 16.2. The fourth-order valence-electron chi connectivity index (χ4n) is 2.90. The summed E-state index contributed by atoms with van der Waals surface area (Å²) in [4.78, 5) is 29.3. The molecule has 5 heteroatoms. The number of amides is 2. The standard InChI is InChI=1S/C19H19N3O2/c1-3-4-10-22-12-16(15-8-9-21-17(15)19(22)24)13-6-5-7-14(11-13)18(23)20-2/h3-9,11-12,17H,10H2,1-2H3,(H,20,23)/p+1. The Bertz CT molecular complexity index is 803. The molecule has 1 unspecified atom stereocenters. The molecule has 0 bridgehead atoms. The van der Waals surface area contributed by atoms with E-state index in [9.17, 15) is 9.59 Å². The molecule has 24 heavy (non-hydrogen) atoms. The van der Waals surface area contributed by atoms with Crippen LogP contribution in [0.15, 0.2) is 54.3 Å². The fraction of sp³-hybridized carbons (Fsp3) is 0.211. The summed E-state index contributed by atoms with van der Waals surface area (Å²) in [7, 11) is 1.61. The molecule has 2 heterocycles. The van der Waals surface area contributed by atoms with Gasteiger partial charge in [-0.15, -0.1) is 0 Å². The van der Waals surface area contributed by atoms with Crippen molar-refractivity contribution in [2.75, 3.05) is 13.6 Å². The quantitative estimate of drug-likeness (QED) is 0.782. The Morgan fingerprint density at radius 2 is 2.25 bits per heavy atom. The highest BCUT2D eigenvalue weighted by Crippen LogP contribution is 2.30. The maximum atomic E-state index is 12.6. The lowest BCUT2D eigenvalue weighted by Gasteiger charge is -2.26. The zero-order valence-electron chi connectivity index (χ0n) is 13.7. The number of nitrogens with one attached hydrogen (secondary N) is 2. The van der Waals surface area contributed by atoms with E-state index in [2.05, 4.69) is 10.3 Å². The van der Waals surface area contributed by atoms with Gasteiger partial charge in [0.25, 0.3) is 17.9 Å². The number of nitrogens with zero attached hydrogens (tertiary/aromatic N) is 1. The van der Waals surface area contributed by atoms with Gasteiger partial charge >= 0.3 is 0 Å². The lowest BCUT2D eigenvalue weighted by atomic mass is 9.90. The number of hydrogen-bond donors (Lipinski definition) is 2. The summed E-state index contributed by atoms with van der Waals surface area (Å²) in [6.45, 7) is 2.46. The molecule has 1 aromatic carbocycles. The van der Waals surface area contributed by atoms with E-state index in [1.807, 2.05) is 49.6 Å². The molecule has 0 aromatic heterocycles. The summed E-state index contributed by atoms with van der Waals surface area (Å²) in [5, 5.41) is 2.64. The minimum atomic E-state index is -0.362. The van der Waals surface area contributed by atoms with Crippen molar-refractivity contribution in [2.24, 2.45) is 0 Å². The third-order valence-corrected chi connectivity index (χ3v) is 4.16. The number of carbonyl (C=O) groups excluding carboxylic acids is 2. The van der Waals surface area contributed by atoms with Crippen LogP contribution in [0.25, 0.3) is 5.57 Å². The number of allylic oxidation sites excluding steroid dienone is 2. The number of benzene rings is 1. The molecule has 0 spiro atoms. The molecule has 2 amide bonds. The van der Waals surface area contributed by atoms with E-state index in [4.69, 9.17) is 0 Å². The Morgan fingerprint density at radius 1 is 1.42 bits per heavy atom. The lowest BCUT2D eigenvalue weighted by Crippen LogP contribution is -2.79. The third kappa shape index (κ3) is 2.80. The van der Waals surface area contributed by atoms with Crippen molar-refractivity contribution in [3.63, 3.8) is 0 Å². The molecule has 1 atom stereocenters. The first-order chi connectivity index (χ1) is 11.7. The first kappa shape index (κ1) is 15.9. The molecule has 2 N–H and O–H groups in total. The van der Waals surface area contributed by atoms with Crippen molar-refractivity contribution in [3.05, 3.63) is 65.4 Å². The van der Waals surface area contributed by atoms with Gasteiger partial charge in [-0.1, -0.05) is 24.3 Å². The van der Waals surface area contributed by atoms with E-state index >= 15 is 0 Å². The molecule has 2 aliphatic heterocycles. The molecule has 3 rings (SSSR count). The maximum absolute atomic E-state index is 12.6. The van der Waals surface area contributed by atoms with Crippen LogP contribution in [-0.2, 0) is 4.79 Å². The van der Waals surface area contributed by atoms with Gasteiger partial charge in [-0.25, -0.2) is 4.99 Å². The van der Waals surface area contributed by atoms with Crippen LogP contribution >= 0.6 is 0 Å². The van der Waals surface area contributed by atoms with E-state index < -0.39 is 0 Å². The lowest BCUT2D eigenvalue weighted by molar-refractivity contribution is -0.467. The van der Waals surface area contributed by atoms with Crippen LogP contribution in [0.3, 0.4) is 0 Å².